The molecular formula is C13H18BrNO4. The first-order valence-electron chi connectivity index (χ1n) is 6.18. The third-order valence-corrected chi connectivity index (χ3v) is 3.68. The van der Waals surface area contributed by atoms with Crippen LogP contribution in [-0.4, -0.2) is 50.2 Å². The highest BCUT2D eigenvalue weighted by Gasteiger charge is 2.38. The average Bonchev–Trinajstić information content (AvgIpc) is 2.88. The summed E-state index contributed by atoms with van der Waals surface area (Å²) in [6.07, 6.45) is 0.768. The molecule has 0 radical (unpaired) electrons. The quantitative estimate of drug-likeness (QED) is 0.632. The van der Waals surface area contributed by atoms with E-state index in [1.165, 1.54) is 0 Å². The summed E-state index contributed by atoms with van der Waals surface area (Å²) in [7, 11) is 1.63. The zero-order valence-electron chi connectivity index (χ0n) is 10.9. The third-order valence-electron chi connectivity index (χ3n) is 3.27. The first-order valence-corrected chi connectivity index (χ1v) is 6.98. The highest BCUT2D eigenvalue weighted by molar-refractivity contribution is 9.10. The minimum atomic E-state index is -0.414. The summed E-state index contributed by atoms with van der Waals surface area (Å²) in [4.78, 5) is 4.45. The molecule has 1 atom stereocenters. The summed E-state index contributed by atoms with van der Waals surface area (Å²) in [6.45, 7) is 2.17. The van der Waals surface area contributed by atoms with E-state index in [9.17, 15) is 5.11 Å². The molecule has 0 amide bonds. The van der Waals surface area contributed by atoms with Gasteiger partial charge in [-0.1, -0.05) is 0 Å². The molecule has 0 bridgehead atoms. The van der Waals surface area contributed by atoms with Gasteiger partial charge in [0.25, 0.3) is 0 Å². The van der Waals surface area contributed by atoms with E-state index in [0.29, 0.717) is 36.8 Å². The van der Waals surface area contributed by atoms with Gasteiger partial charge in [0, 0.05) is 25.8 Å². The number of aliphatic hydroxyl groups excluding tert-OH is 1. The van der Waals surface area contributed by atoms with E-state index in [-0.39, 0.29) is 6.61 Å². The molecule has 1 aliphatic rings. The van der Waals surface area contributed by atoms with Crippen LogP contribution >= 0.6 is 15.9 Å². The van der Waals surface area contributed by atoms with Crippen molar-refractivity contribution in [2.24, 2.45) is 0 Å². The van der Waals surface area contributed by atoms with Gasteiger partial charge >= 0.3 is 0 Å². The molecule has 1 aromatic heterocycles. The molecule has 1 N–H and O–H groups in total. The standard InChI is InChI=1S/C13H18BrNO4/c1-17-4-5-19-10-6-11(15-12(14)7-10)13(8-16)2-3-18-9-13/h6-7,16H,2-5,8-9H2,1H3/t13-/m0/s1. The zero-order valence-corrected chi connectivity index (χ0v) is 12.5. The lowest BCUT2D eigenvalue weighted by atomic mass is 9.84. The van der Waals surface area contributed by atoms with E-state index in [0.717, 1.165) is 12.1 Å². The van der Waals surface area contributed by atoms with Crippen LogP contribution < -0.4 is 4.74 Å². The number of hydrogen-bond acceptors (Lipinski definition) is 5. The fourth-order valence-corrected chi connectivity index (χ4v) is 2.50. The smallest absolute Gasteiger partial charge is 0.123 e. The van der Waals surface area contributed by atoms with Crippen LogP contribution in [0.1, 0.15) is 12.1 Å². The number of hydrogen-bond donors (Lipinski definition) is 1. The van der Waals surface area contributed by atoms with Crippen LogP contribution in [0.25, 0.3) is 0 Å². The summed E-state index contributed by atoms with van der Waals surface area (Å²) in [5, 5.41) is 9.67. The Morgan fingerprint density at radius 2 is 2.32 bits per heavy atom. The lowest BCUT2D eigenvalue weighted by Gasteiger charge is -2.24. The van der Waals surface area contributed by atoms with Gasteiger partial charge in [0.05, 0.1) is 30.9 Å². The Morgan fingerprint density at radius 1 is 1.47 bits per heavy atom. The highest BCUT2D eigenvalue weighted by atomic mass is 79.9. The largest absolute Gasteiger partial charge is 0.491 e. The second-order valence-corrected chi connectivity index (χ2v) is 5.41. The summed E-state index contributed by atoms with van der Waals surface area (Å²) < 4.78 is 16.7. The Bertz CT molecular complexity index is 421. The van der Waals surface area contributed by atoms with Crippen LogP contribution in [0.5, 0.6) is 5.75 Å². The molecule has 0 aliphatic carbocycles. The predicted molar refractivity (Wildman–Crippen MR) is 73.5 cm³/mol. The van der Waals surface area contributed by atoms with Gasteiger partial charge in [-0.2, -0.15) is 0 Å². The van der Waals surface area contributed by atoms with E-state index in [1.54, 1.807) is 13.2 Å². The van der Waals surface area contributed by atoms with Gasteiger partial charge in [-0.15, -0.1) is 0 Å². The van der Waals surface area contributed by atoms with Crippen LogP contribution in [0.4, 0.5) is 0 Å². The number of rotatable bonds is 6. The molecular weight excluding hydrogens is 314 g/mol. The van der Waals surface area contributed by atoms with Gasteiger partial charge < -0.3 is 19.3 Å². The molecule has 2 heterocycles. The summed E-state index contributed by atoms with van der Waals surface area (Å²) >= 11 is 3.38. The number of nitrogens with zero attached hydrogens (tertiary/aromatic N) is 1. The minimum absolute atomic E-state index is 0.0218. The van der Waals surface area contributed by atoms with Crippen molar-refractivity contribution < 1.29 is 19.3 Å². The molecule has 0 spiro atoms. The minimum Gasteiger partial charge on any atom is -0.491 e. The topological polar surface area (TPSA) is 60.8 Å². The van der Waals surface area contributed by atoms with E-state index >= 15 is 0 Å². The second kappa shape index (κ2) is 6.65. The fourth-order valence-electron chi connectivity index (χ4n) is 2.09. The number of halogens is 1. The molecule has 1 aromatic rings. The van der Waals surface area contributed by atoms with Crippen molar-refractivity contribution in [2.75, 3.05) is 40.1 Å². The monoisotopic (exact) mass is 331 g/mol. The van der Waals surface area contributed by atoms with Crippen LogP contribution in [0.3, 0.4) is 0 Å². The average molecular weight is 332 g/mol. The first-order chi connectivity index (χ1) is 9.20. The third kappa shape index (κ3) is 3.45. The summed E-state index contributed by atoms with van der Waals surface area (Å²) in [5.41, 5.74) is 0.387. The van der Waals surface area contributed by atoms with Gasteiger partial charge in [-0.25, -0.2) is 4.98 Å². The van der Waals surface area contributed by atoms with Crippen LogP contribution in [0.15, 0.2) is 16.7 Å². The Kier molecular flexibility index (Phi) is 5.15. The molecule has 106 valence electrons. The number of pyridine rings is 1. The molecule has 6 heteroatoms. The maximum atomic E-state index is 9.67. The first kappa shape index (κ1) is 14.7. The van der Waals surface area contributed by atoms with E-state index < -0.39 is 5.41 Å². The van der Waals surface area contributed by atoms with Gasteiger partial charge in [-0.3, -0.25) is 0 Å². The molecule has 0 saturated carbocycles. The molecule has 1 fully saturated rings. The maximum Gasteiger partial charge on any atom is 0.123 e. The SMILES string of the molecule is COCCOc1cc(Br)nc([C@]2(CO)CCOC2)c1. The molecule has 0 unspecified atom stereocenters. The normalized spacial score (nSPS) is 22.7. The lowest BCUT2D eigenvalue weighted by molar-refractivity contribution is 0.137. The van der Waals surface area contributed by atoms with Crippen molar-refractivity contribution in [3.63, 3.8) is 0 Å². The maximum absolute atomic E-state index is 9.67. The predicted octanol–water partition coefficient (Wildman–Crippen LogP) is 1.52. The van der Waals surface area contributed by atoms with Crippen molar-refractivity contribution >= 4 is 15.9 Å². The molecule has 0 aromatic carbocycles. The Balaban J connectivity index is 2.20. The van der Waals surface area contributed by atoms with Gasteiger partial charge in [0.15, 0.2) is 0 Å². The van der Waals surface area contributed by atoms with Crippen molar-refractivity contribution in [3.8, 4) is 5.75 Å². The van der Waals surface area contributed by atoms with Gasteiger partial charge in [0.2, 0.25) is 0 Å². The molecule has 1 aliphatic heterocycles. The molecule has 19 heavy (non-hydrogen) atoms. The van der Waals surface area contributed by atoms with Crippen LogP contribution in [-0.2, 0) is 14.9 Å². The molecule has 2 rings (SSSR count). The van der Waals surface area contributed by atoms with E-state index in [2.05, 4.69) is 20.9 Å². The second-order valence-electron chi connectivity index (χ2n) is 4.59. The number of aliphatic hydroxyl groups is 1. The highest BCUT2D eigenvalue weighted by Crippen LogP contribution is 2.34. The van der Waals surface area contributed by atoms with Crippen LogP contribution in [0, 0.1) is 0 Å². The summed E-state index contributed by atoms with van der Waals surface area (Å²) in [6, 6.07) is 3.67. The zero-order chi connectivity index (χ0) is 13.7. The number of ether oxygens (including phenoxy) is 3. The molecule has 1 saturated heterocycles. The Labute approximate surface area is 121 Å². The van der Waals surface area contributed by atoms with Crippen molar-refractivity contribution in [1.29, 1.82) is 0 Å². The van der Waals surface area contributed by atoms with Crippen molar-refractivity contribution in [2.45, 2.75) is 11.8 Å². The Hall–Kier alpha value is -0.690. The molecule has 5 nitrogen and oxygen atoms in total. The lowest BCUT2D eigenvalue weighted by Crippen LogP contribution is -2.32. The van der Waals surface area contributed by atoms with Gasteiger partial charge in [-0.05, 0) is 22.4 Å². The van der Waals surface area contributed by atoms with Gasteiger partial charge in [0.1, 0.15) is 17.0 Å². The van der Waals surface area contributed by atoms with E-state index in [4.69, 9.17) is 14.2 Å². The van der Waals surface area contributed by atoms with Crippen molar-refractivity contribution in [1.82, 2.24) is 4.98 Å². The number of aromatic nitrogens is 1. The number of methoxy groups -OCH3 is 1. The van der Waals surface area contributed by atoms with Crippen molar-refractivity contribution in [3.05, 3.63) is 22.4 Å². The summed E-state index contributed by atoms with van der Waals surface area (Å²) in [5.74, 6) is 0.716. The van der Waals surface area contributed by atoms with Crippen LogP contribution in [0.2, 0.25) is 0 Å². The Morgan fingerprint density at radius 3 is 2.95 bits per heavy atom. The fraction of sp³-hybridized carbons (Fsp3) is 0.615. The van der Waals surface area contributed by atoms with E-state index in [1.807, 2.05) is 6.07 Å².